The number of carbonyl (C=O) groups is 1. The van der Waals surface area contributed by atoms with Gasteiger partial charge < -0.3 is 10.0 Å². The lowest BCUT2D eigenvalue weighted by molar-refractivity contribution is 0.154. The lowest BCUT2D eigenvalue weighted by Crippen LogP contribution is -2.23. The molecule has 2 heterocycles. The molecule has 1 amide bonds. The fourth-order valence-corrected chi connectivity index (χ4v) is 4.15. The third kappa shape index (κ3) is 3.85. The van der Waals surface area contributed by atoms with E-state index in [-0.39, 0.29) is 27.7 Å². The zero-order chi connectivity index (χ0) is 20.5. The summed E-state index contributed by atoms with van der Waals surface area (Å²) in [6, 6.07) is 8.16. The summed E-state index contributed by atoms with van der Waals surface area (Å²) in [5, 5.41) is 9.23. The minimum Gasteiger partial charge on any atom is -0.465 e. The molecule has 3 rings (SSSR count). The molecule has 0 saturated heterocycles. The Morgan fingerprint density at radius 2 is 2.07 bits per heavy atom. The van der Waals surface area contributed by atoms with Crippen molar-refractivity contribution in [3.63, 3.8) is 0 Å². The van der Waals surface area contributed by atoms with E-state index < -0.39 is 21.9 Å². The van der Waals surface area contributed by atoms with Gasteiger partial charge >= 0.3 is 6.09 Å². The SMILES string of the molecule is CN(Cc1cc(-c2ccc(Cl)cc2F)n(S(=O)(=O)c2cccnc2)c1)C(=O)O. The van der Waals surface area contributed by atoms with Crippen molar-refractivity contribution >= 4 is 27.7 Å². The number of carboxylic acid groups (broad SMARTS) is 1. The van der Waals surface area contributed by atoms with Crippen LogP contribution in [0, 0.1) is 5.82 Å². The van der Waals surface area contributed by atoms with Gasteiger partial charge in [0, 0.05) is 36.2 Å². The molecule has 1 aromatic carbocycles. The molecule has 146 valence electrons. The van der Waals surface area contributed by atoms with Crippen LogP contribution >= 0.6 is 11.6 Å². The van der Waals surface area contributed by atoms with Gasteiger partial charge in [-0.05, 0) is 42.0 Å². The minimum atomic E-state index is -4.09. The Hall–Kier alpha value is -2.91. The van der Waals surface area contributed by atoms with E-state index >= 15 is 0 Å². The van der Waals surface area contributed by atoms with E-state index in [4.69, 9.17) is 16.7 Å². The van der Waals surface area contributed by atoms with E-state index in [9.17, 15) is 17.6 Å². The van der Waals surface area contributed by atoms with E-state index in [2.05, 4.69) is 4.98 Å². The van der Waals surface area contributed by atoms with Crippen LogP contribution in [0.3, 0.4) is 0 Å². The third-order valence-corrected chi connectivity index (χ3v) is 5.88. The third-order valence-electron chi connectivity index (χ3n) is 3.99. The highest BCUT2D eigenvalue weighted by molar-refractivity contribution is 7.90. The average Bonchev–Trinajstić information content (AvgIpc) is 3.06. The van der Waals surface area contributed by atoms with Crippen molar-refractivity contribution in [2.75, 3.05) is 7.05 Å². The topological polar surface area (TPSA) is 92.5 Å². The summed E-state index contributed by atoms with van der Waals surface area (Å²) in [7, 11) is -2.75. The summed E-state index contributed by atoms with van der Waals surface area (Å²) in [5.74, 6) is -0.702. The van der Waals surface area contributed by atoms with Gasteiger partial charge in [0.15, 0.2) is 0 Å². The van der Waals surface area contributed by atoms with E-state index in [0.29, 0.717) is 5.56 Å². The maximum atomic E-state index is 14.5. The highest BCUT2D eigenvalue weighted by atomic mass is 35.5. The predicted molar refractivity (Wildman–Crippen MR) is 101 cm³/mol. The maximum absolute atomic E-state index is 14.5. The molecule has 0 atom stereocenters. The Kier molecular flexibility index (Phi) is 5.39. The van der Waals surface area contributed by atoms with Gasteiger partial charge in [0.25, 0.3) is 10.0 Å². The quantitative estimate of drug-likeness (QED) is 0.675. The highest BCUT2D eigenvalue weighted by Gasteiger charge is 2.24. The van der Waals surface area contributed by atoms with Gasteiger partial charge in [-0.15, -0.1) is 0 Å². The Morgan fingerprint density at radius 1 is 1.32 bits per heavy atom. The van der Waals surface area contributed by atoms with Gasteiger partial charge in [0.1, 0.15) is 10.7 Å². The van der Waals surface area contributed by atoms with Gasteiger partial charge in [0.05, 0.1) is 12.2 Å². The van der Waals surface area contributed by atoms with Crippen LogP contribution in [-0.2, 0) is 16.6 Å². The number of benzene rings is 1. The van der Waals surface area contributed by atoms with Crippen LogP contribution in [0.1, 0.15) is 5.56 Å². The van der Waals surface area contributed by atoms with Crippen LogP contribution in [-0.4, -0.2) is 40.5 Å². The molecule has 0 spiro atoms. The van der Waals surface area contributed by atoms with Crippen molar-refractivity contribution in [1.29, 1.82) is 0 Å². The van der Waals surface area contributed by atoms with Gasteiger partial charge in [-0.1, -0.05) is 11.6 Å². The van der Waals surface area contributed by atoms with E-state index in [0.717, 1.165) is 14.9 Å². The number of hydrogen-bond acceptors (Lipinski definition) is 4. The Labute approximate surface area is 165 Å². The van der Waals surface area contributed by atoms with E-state index in [1.54, 1.807) is 0 Å². The molecule has 0 unspecified atom stereocenters. The van der Waals surface area contributed by atoms with Gasteiger partial charge in [-0.25, -0.2) is 21.6 Å². The molecule has 0 fully saturated rings. The smallest absolute Gasteiger partial charge is 0.407 e. The molecule has 0 aliphatic heterocycles. The lowest BCUT2D eigenvalue weighted by Gasteiger charge is -2.11. The van der Waals surface area contributed by atoms with E-state index in [1.807, 2.05) is 0 Å². The highest BCUT2D eigenvalue weighted by Crippen LogP contribution is 2.30. The zero-order valence-corrected chi connectivity index (χ0v) is 16.2. The molecular weight excluding hydrogens is 409 g/mol. The number of aromatic nitrogens is 2. The molecule has 0 aliphatic rings. The summed E-state index contributed by atoms with van der Waals surface area (Å²) in [5.41, 5.74) is 0.439. The molecular formula is C18H15ClFN3O4S. The maximum Gasteiger partial charge on any atom is 0.407 e. The van der Waals surface area contributed by atoms with Gasteiger partial charge in [0.2, 0.25) is 0 Å². The second kappa shape index (κ2) is 7.61. The second-order valence-electron chi connectivity index (χ2n) is 5.99. The van der Waals surface area contributed by atoms with Crippen LogP contribution in [0.4, 0.5) is 9.18 Å². The summed E-state index contributed by atoms with van der Waals surface area (Å²) in [4.78, 5) is 15.8. The minimum absolute atomic E-state index is 0.0149. The fraction of sp³-hybridized carbons (Fsp3) is 0.111. The van der Waals surface area contributed by atoms with Crippen LogP contribution in [0.15, 0.2) is 59.9 Å². The first-order chi connectivity index (χ1) is 13.2. The van der Waals surface area contributed by atoms with Crippen LogP contribution in [0.25, 0.3) is 11.3 Å². The van der Waals surface area contributed by atoms with Crippen LogP contribution < -0.4 is 0 Å². The largest absolute Gasteiger partial charge is 0.465 e. The number of rotatable bonds is 5. The van der Waals surface area contributed by atoms with Crippen molar-refractivity contribution < 1.29 is 22.7 Å². The monoisotopic (exact) mass is 423 g/mol. The first kappa shape index (κ1) is 19.8. The van der Waals surface area contributed by atoms with Crippen molar-refractivity contribution in [3.8, 4) is 11.3 Å². The Bertz CT molecular complexity index is 1130. The van der Waals surface area contributed by atoms with E-state index in [1.165, 1.54) is 56.0 Å². The molecule has 3 aromatic rings. The molecule has 0 saturated carbocycles. The number of hydrogen-bond donors (Lipinski definition) is 1. The molecule has 0 aliphatic carbocycles. The molecule has 0 radical (unpaired) electrons. The molecule has 28 heavy (non-hydrogen) atoms. The van der Waals surface area contributed by atoms with Crippen molar-refractivity contribution in [1.82, 2.24) is 13.9 Å². The lowest BCUT2D eigenvalue weighted by atomic mass is 10.1. The van der Waals surface area contributed by atoms with Gasteiger partial charge in [-0.2, -0.15) is 0 Å². The summed E-state index contributed by atoms with van der Waals surface area (Å²) in [6.45, 7) is -0.0763. The summed E-state index contributed by atoms with van der Waals surface area (Å²) in [6.07, 6.45) is 2.70. The predicted octanol–water partition coefficient (Wildman–Crippen LogP) is 3.69. The van der Waals surface area contributed by atoms with Crippen molar-refractivity contribution in [2.24, 2.45) is 0 Å². The van der Waals surface area contributed by atoms with Crippen molar-refractivity contribution in [2.45, 2.75) is 11.4 Å². The number of nitrogens with zero attached hydrogens (tertiary/aromatic N) is 3. The normalized spacial score (nSPS) is 11.4. The van der Waals surface area contributed by atoms with Crippen LogP contribution in [0.5, 0.6) is 0 Å². The fourth-order valence-electron chi connectivity index (χ4n) is 2.63. The number of amides is 1. The first-order valence-corrected chi connectivity index (χ1v) is 9.78. The van der Waals surface area contributed by atoms with Gasteiger partial charge in [-0.3, -0.25) is 4.98 Å². The second-order valence-corrected chi connectivity index (χ2v) is 8.24. The Morgan fingerprint density at radius 3 is 2.68 bits per heavy atom. The summed E-state index contributed by atoms with van der Waals surface area (Å²) >= 11 is 5.79. The summed E-state index contributed by atoms with van der Waals surface area (Å²) < 4.78 is 41.6. The molecule has 10 heteroatoms. The standard InChI is InChI=1S/C18H15ClFN3O4S/c1-22(18(24)25)10-12-7-17(15-5-4-13(19)8-16(15)20)23(11-12)28(26,27)14-3-2-6-21-9-14/h2-9,11H,10H2,1H3,(H,24,25). The zero-order valence-electron chi connectivity index (χ0n) is 14.6. The first-order valence-electron chi connectivity index (χ1n) is 7.96. The molecule has 0 bridgehead atoms. The van der Waals surface area contributed by atoms with Crippen LogP contribution in [0.2, 0.25) is 5.02 Å². The molecule has 1 N–H and O–H groups in total. The van der Waals surface area contributed by atoms with Crippen molar-refractivity contribution in [3.05, 3.63) is 71.4 Å². The Balaban J connectivity index is 2.19. The number of halogens is 2. The number of pyridine rings is 1. The molecule has 2 aromatic heterocycles. The average molecular weight is 424 g/mol. The molecule has 7 nitrogen and oxygen atoms in total.